The average Bonchev–Trinajstić information content (AvgIpc) is 2.93. The van der Waals surface area contributed by atoms with Gasteiger partial charge in [-0.1, -0.05) is 18.9 Å². The van der Waals surface area contributed by atoms with Crippen LogP contribution < -0.4 is 0 Å². The lowest BCUT2D eigenvalue weighted by Crippen LogP contribution is -2.44. The number of nitrogens with zero attached hydrogens (tertiary/aromatic N) is 3. The first-order valence-corrected chi connectivity index (χ1v) is 9.33. The highest BCUT2D eigenvalue weighted by molar-refractivity contribution is 5.92. The minimum absolute atomic E-state index is 0.0808. The van der Waals surface area contributed by atoms with Crippen LogP contribution in [-0.4, -0.2) is 64.6 Å². The van der Waals surface area contributed by atoms with E-state index in [1.807, 2.05) is 23.1 Å². The zero-order valence-electron chi connectivity index (χ0n) is 14.4. The molecule has 0 saturated carbocycles. The molecule has 1 N–H and O–H groups in total. The molecule has 0 aromatic carbocycles. The molecule has 1 aromatic rings. The lowest BCUT2D eigenvalue weighted by Gasteiger charge is -2.36. The second-order valence-corrected chi connectivity index (χ2v) is 7.16. The Bertz CT molecular complexity index is 523. The quantitative estimate of drug-likeness (QED) is 0.778. The maximum Gasteiger partial charge on any atom is 0.272 e. The summed E-state index contributed by atoms with van der Waals surface area (Å²) in [4.78, 5) is 21.6. The monoisotopic (exact) mass is 331 g/mol. The Balaban J connectivity index is 1.56. The van der Waals surface area contributed by atoms with E-state index in [1.54, 1.807) is 6.20 Å². The zero-order valence-corrected chi connectivity index (χ0v) is 14.4. The predicted octanol–water partition coefficient (Wildman–Crippen LogP) is 2.17. The first-order valence-electron chi connectivity index (χ1n) is 9.33. The number of carbonyl (C=O) groups is 1. The highest BCUT2D eigenvalue weighted by Crippen LogP contribution is 2.29. The van der Waals surface area contributed by atoms with Crippen molar-refractivity contribution in [3.8, 4) is 0 Å². The van der Waals surface area contributed by atoms with E-state index in [9.17, 15) is 4.79 Å². The largest absolute Gasteiger partial charge is 0.396 e. The fourth-order valence-electron chi connectivity index (χ4n) is 4.05. The molecule has 3 saturated heterocycles. The highest BCUT2D eigenvalue weighted by atomic mass is 16.2. The van der Waals surface area contributed by atoms with Crippen molar-refractivity contribution in [3.05, 3.63) is 30.1 Å². The van der Waals surface area contributed by atoms with Gasteiger partial charge in [-0.05, 0) is 50.3 Å². The number of hydrogen-bond acceptors (Lipinski definition) is 4. The smallest absolute Gasteiger partial charge is 0.272 e. The summed E-state index contributed by atoms with van der Waals surface area (Å²) in [6.07, 6.45) is 8.53. The third kappa shape index (κ3) is 4.33. The fourth-order valence-corrected chi connectivity index (χ4v) is 4.05. The summed E-state index contributed by atoms with van der Waals surface area (Å²) in [6, 6.07) is 6.04. The second kappa shape index (κ2) is 8.58. The third-order valence-electron chi connectivity index (χ3n) is 5.35. The van der Waals surface area contributed by atoms with Crippen LogP contribution in [0.15, 0.2) is 24.4 Å². The summed E-state index contributed by atoms with van der Waals surface area (Å²) < 4.78 is 0. The van der Waals surface area contributed by atoms with Crippen molar-refractivity contribution in [2.45, 2.75) is 44.6 Å². The minimum atomic E-state index is 0.0808. The lowest BCUT2D eigenvalue weighted by atomic mass is 9.94. The highest BCUT2D eigenvalue weighted by Gasteiger charge is 2.36. The number of aliphatic hydroxyl groups excluding tert-OH is 1. The average molecular weight is 331 g/mol. The van der Waals surface area contributed by atoms with Gasteiger partial charge >= 0.3 is 0 Å². The molecule has 2 bridgehead atoms. The summed E-state index contributed by atoms with van der Waals surface area (Å²) >= 11 is 0. The number of hydrogen-bond donors (Lipinski definition) is 1. The molecule has 5 nitrogen and oxygen atoms in total. The van der Waals surface area contributed by atoms with Crippen LogP contribution in [0.5, 0.6) is 0 Å². The second-order valence-electron chi connectivity index (χ2n) is 7.16. The Hall–Kier alpha value is -1.46. The number of aliphatic hydroxyl groups is 1. The van der Waals surface area contributed by atoms with Crippen molar-refractivity contribution in [1.82, 2.24) is 14.8 Å². The standard InChI is InChI=1S/C19H29N3O2/c23-12-6-2-1-5-11-21-13-16-8-9-17(21)15-22(14-16)19(24)18-7-3-4-10-20-18/h3-4,7,10,16-17,23H,1-2,5-6,8-9,11-15H2/t16-,17-/m0/s1. The molecule has 1 aromatic heterocycles. The molecule has 0 spiro atoms. The summed E-state index contributed by atoms with van der Waals surface area (Å²) in [5, 5.41) is 8.86. The van der Waals surface area contributed by atoms with E-state index >= 15 is 0 Å². The molecule has 132 valence electrons. The van der Waals surface area contributed by atoms with E-state index in [0.717, 1.165) is 39.0 Å². The van der Waals surface area contributed by atoms with Gasteiger partial charge in [0.15, 0.2) is 0 Å². The predicted molar refractivity (Wildman–Crippen MR) is 93.8 cm³/mol. The molecule has 2 atom stereocenters. The van der Waals surface area contributed by atoms with E-state index in [0.29, 0.717) is 24.3 Å². The Morgan fingerprint density at radius 3 is 2.79 bits per heavy atom. The van der Waals surface area contributed by atoms with Crippen LogP contribution in [0.1, 0.15) is 49.0 Å². The molecule has 0 aliphatic carbocycles. The van der Waals surface area contributed by atoms with Crippen molar-refractivity contribution in [2.75, 3.05) is 32.8 Å². The van der Waals surface area contributed by atoms with Crippen molar-refractivity contribution < 1.29 is 9.90 Å². The molecule has 0 unspecified atom stereocenters. The SMILES string of the molecule is O=C(c1ccccn1)N1C[C@H]2CC[C@@H](C1)N(CCCCCCO)C2. The van der Waals surface area contributed by atoms with E-state index in [1.165, 1.54) is 25.7 Å². The van der Waals surface area contributed by atoms with Crippen LogP contribution in [0, 0.1) is 5.92 Å². The van der Waals surface area contributed by atoms with Gasteiger partial charge in [0.2, 0.25) is 0 Å². The molecule has 3 fully saturated rings. The van der Waals surface area contributed by atoms with Gasteiger partial charge in [0.1, 0.15) is 5.69 Å². The topological polar surface area (TPSA) is 56.7 Å². The maximum absolute atomic E-state index is 12.7. The van der Waals surface area contributed by atoms with Gasteiger partial charge in [-0.25, -0.2) is 0 Å². The van der Waals surface area contributed by atoms with Crippen LogP contribution in [0.2, 0.25) is 0 Å². The van der Waals surface area contributed by atoms with Crippen LogP contribution in [-0.2, 0) is 0 Å². The van der Waals surface area contributed by atoms with Gasteiger partial charge in [-0.3, -0.25) is 14.7 Å². The van der Waals surface area contributed by atoms with E-state index in [4.69, 9.17) is 5.11 Å². The van der Waals surface area contributed by atoms with Gasteiger partial charge in [-0.15, -0.1) is 0 Å². The third-order valence-corrected chi connectivity index (χ3v) is 5.35. The van der Waals surface area contributed by atoms with Crippen LogP contribution in [0.4, 0.5) is 0 Å². The molecule has 3 aliphatic heterocycles. The van der Waals surface area contributed by atoms with Crippen molar-refractivity contribution in [1.29, 1.82) is 0 Å². The molecule has 1 amide bonds. The summed E-state index contributed by atoms with van der Waals surface area (Å²) in [7, 11) is 0. The van der Waals surface area contributed by atoms with Crippen molar-refractivity contribution in [3.63, 3.8) is 0 Å². The molecule has 4 rings (SSSR count). The van der Waals surface area contributed by atoms with Crippen molar-refractivity contribution in [2.24, 2.45) is 5.92 Å². The molecule has 0 radical (unpaired) electrons. The van der Waals surface area contributed by atoms with Gasteiger partial charge in [0, 0.05) is 38.5 Å². The minimum Gasteiger partial charge on any atom is -0.396 e. The number of carbonyl (C=O) groups excluding carboxylic acids is 1. The summed E-state index contributed by atoms with van der Waals surface area (Å²) in [5.74, 6) is 0.672. The number of pyridine rings is 1. The van der Waals surface area contributed by atoms with Gasteiger partial charge in [-0.2, -0.15) is 0 Å². The number of unbranched alkanes of at least 4 members (excludes halogenated alkanes) is 3. The number of rotatable bonds is 7. The first kappa shape index (κ1) is 17.4. The summed E-state index contributed by atoms with van der Waals surface area (Å²) in [6.45, 7) is 4.25. The number of amides is 1. The van der Waals surface area contributed by atoms with E-state index in [-0.39, 0.29) is 5.91 Å². The first-order chi connectivity index (χ1) is 11.8. The van der Waals surface area contributed by atoms with Gasteiger partial charge < -0.3 is 10.0 Å². The normalized spacial score (nSPS) is 24.1. The summed E-state index contributed by atoms with van der Waals surface area (Å²) in [5.41, 5.74) is 0.564. The van der Waals surface area contributed by atoms with Gasteiger partial charge in [0.25, 0.3) is 5.91 Å². The van der Waals surface area contributed by atoms with E-state index < -0.39 is 0 Å². The lowest BCUT2D eigenvalue weighted by molar-refractivity contribution is 0.0731. The van der Waals surface area contributed by atoms with Gasteiger partial charge in [0.05, 0.1) is 0 Å². The molecular weight excluding hydrogens is 302 g/mol. The molecular formula is C19H29N3O2. The fraction of sp³-hybridized carbons (Fsp3) is 0.684. The Labute approximate surface area is 144 Å². The Kier molecular flexibility index (Phi) is 6.21. The van der Waals surface area contributed by atoms with Crippen LogP contribution in [0.25, 0.3) is 0 Å². The number of fused-ring (bicyclic) bond motifs is 4. The van der Waals surface area contributed by atoms with Crippen LogP contribution >= 0.6 is 0 Å². The number of aromatic nitrogens is 1. The molecule has 24 heavy (non-hydrogen) atoms. The number of piperidine rings is 1. The van der Waals surface area contributed by atoms with E-state index in [2.05, 4.69) is 9.88 Å². The van der Waals surface area contributed by atoms with Crippen LogP contribution in [0.3, 0.4) is 0 Å². The molecule has 5 heteroatoms. The zero-order chi connectivity index (χ0) is 16.8. The molecule has 3 aliphatic rings. The maximum atomic E-state index is 12.7. The van der Waals surface area contributed by atoms with Crippen molar-refractivity contribution >= 4 is 5.91 Å². The molecule has 4 heterocycles. The Morgan fingerprint density at radius 1 is 1.12 bits per heavy atom. The Morgan fingerprint density at radius 2 is 2.00 bits per heavy atom.